The first-order valence-electron chi connectivity index (χ1n) is 8.95. The van der Waals surface area contributed by atoms with Crippen LogP contribution >= 0.6 is 24.0 Å². The Labute approximate surface area is 170 Å². The van der Waals surface area contributed by atoms with Gasteiger partial charge in [0.05, 0.1) is 12.9 Å². The molecule has 1 aromatic carbocycles. The van der Waals surface area contributed by atoms with Gasteiger partial charge in [-0.3, -0.25) is 9.59 Å². The maximum atomic E-state index is 11.8. The third kappa shape index (κ3) is 7.76. The van der Waals surface area contributed by atoms with E-state index in [0.29, 0.717) is 6.54 Å². The molecule has 0 unspecified atom stereocenters. The summed E-state index contributed by atoms with van der Waals surface area (Å²) in [6.45, 7) is 4.20. The molecular weight excluding hydrogens is 384 g/mol. The Balaban J connectivity index is 1.60. The number of amides is 1. The van der Waals surface area contributed by atoms with Crippen molar-refractivity contribution in [1.29, 1.82) is 0 Å². The molecule has 27 heavy (non-hydrogen) atoms. The predicted molar refractivity (Wildman–Crippen MR) is 111 cm³/mol. The number of nitrogens with one attached hydrogen (secondary N) is 1. The van der Waals surface area contributed by atoms with Crippen LogP contribution in [-0.4, -0.2) is 53.7 Å². The number of benzene rings is 1. The van der Waals surface area contributed by atoms with Crippen LogP contribution in [0.1, 0.15) is 25.3 Å². The van der Waals surface area contributed by atoms with Crippen LogP contribution in [0.5, 0.6) is 5.75 Å². The molecule has 0 spiro atoms. The molecule has 1 aliphatic rings. The van der Waals surface area contributed by atoms with E-state index in [0.717, 1.165) is 47.5 Å². The minimum atomic E-state index is -0.438. The molecule has 0 aliphatic carbocycles. The molecule has 1 saturated heterocycles. The summed E-state index contributed by atoms with van der Waals surface area (Å²) < 4.78 is 10.8. The monoisotopic (exact) mass is 410 g/mol. The topological polar surface area (TPSA) is 67.9 Å². The maximum absolute atomic E-state index is 11.8. The predicted octanol–water partition coefficient (Wildman–Crippen LogP) is 2.60. The molecule has 1 aromatic rings. The fraction of sp³-hybridized carbons (Fsp3) is 0.526. The van der Waals surface area contributed by atoms with Gasteiger partial charge in [0.2, 0.25) is 0 Å². The number of hydrogen-bond donors (Lipinski definition) is 1. The van der Waals surface area contributed by atoms with Gasteiger partial charge >= 0.3 is 5.97 Å². The van der Waals surface area contributed by atoms with Gasteiger partial charge in [0.15, 0.2) is 6.61 Å². The normalized spacial score (nSPS) is 14.5. The van der Waals surface area contributed by atoms with Crippen LogP contribution in [0, 0.1) is 5.92 Å². The first kappa shape index (κ1) is 21.5. The molecular formula is C19H26N2O4S2. The van der Waals surface area contributed by atoms with Gasteiger partial charge < -0.3 is 19.7 Å². The molecule has 0 radical (unpaired) electrons. The zero-order valence-corrected chi connectivity index (χ0v) is 17.4. The van der Waals surface area contributed by atoms with Crippen LogP contribution in [-0.2, 0) is 20.9 Å². The highest BCUT2D eigenvalue weighted by Crippen LogP contribution is 2.20. The minimum Gasteiger partial charge on any atom is -0.497 e. The van der Waals surface area contributed by atoms with Crippen molar-refractivity contribution in [3.8, 4) is 5.75 Å². The van der Waals surface area contributed by atoms with E-state index in [1.165, 1.54) is 11.8 Å². The molecule has 1 heterocycles. The van der Waals surface area contributed by atoms with E-state index in [1.54, 1.807) is 7.11 Å². The standard InChI is InChI=1S/C19H26N2O4S2/c1-14-7-9-21(10-8-14)19(26)27-13-18(23)25-12-17(22)20-11-15-3-5-16(24-2)6-4-15/h3-6,14H,7-13H2,1-2H3,(H,20,22). The summed E-state index contributed by atoms with van der Waals surface area (Å²) >= 11 is 6.67. The van der Waals surface area contributed by atoms with Crippen LogP contribution < -0.4 is 10.1 Å². The number of thiocarbonyl (C=S) groups is 1. The van der Waals surface area contributed by atoms with Gasteiger partial charge in [0.25, 0.3) is 5.91 Å². The third-order valence-electron chi connectivity index (χ3n) is 4.37. The number of likely N-dealkylation sites (tertiary alicyclic amines) is 1. The quantitative estimate of drug-likeness (QED) is 0.547. The first-order chi connectivity index (χ1) is 13.0. The lowest BCUT2D eigenvalue weighted by Gasteiger charge is -2.31. The van der Waals surface area contributed by atoms with Gasteiger partial charge in [-0.1, -0.05) is 43.0 Å². The Morgan fingerprint density at radius 3 is 2.56 bits per heavy atom. The fourth-order valence-electron chi connectivity index (χ4n) is 2.59. The van der Waals surface area contributed by atoms with Crippen LogP contribution in [0.4, 0.5) is 0 Å². The lowest BCUT2D eigenvalue weighted by Crippen LogP contribution is -2.36. The number of piperidine rings is 1. The zero-order valence-electron chi connectivity index (χ0n) is 15.7. The van der Waals surface area contributed by atoms with E-state index in [-0.39, 0.29) is 18.3 Å². The summed E-state index contributed by atoms with van der Waals surface area (Å²) in [7, 11) is 1.60. The smallest absolute Gasteiger partial charge is 0.316 e. The Morgan fingerprint density at radius 2 is 1.93 bits per heavy atom. The highest BCUT2D eigenvalue weighted by atomic mass is 32.2. The van der Waals surface area contributed by atoms with Gasteiger partial charge in [0.1, 0.15) is 10.1 Å². The molecule has 2 rings (SSSR count). The second kappa shape index (κ2) is 11.1. The van der Waals surface area contributed by atoms with Crippen LogP contribution in [0.3, 0.4) is 0 Å². The molecule has 1 N–H and O–H groups in total. The molecule has 0 saturated carbocycles. The van der Waals surface area contributed by atoms with Crippen molar-refractivity contribution in [2.24, 2.45) is 5.92 Å². The largest absolute Gasteiger partial charge is 0.497 e. The number of nitrogens with zero attached hydrogens (tertiary/aromatic N) is 1. The number of carbonyl (C=O) groups excluding carboxylic acids is 2. The Hall–Kier alpha value is -1.80. The fourth-order valence-corrected chi connectivity index (χ4v) is 3.64. The van der Waals surface area contributed by atoms with Crippen LogP contribution in [0.15, 0.2) is 24.3 Å². The van der Waals surface area contributed by atoms with Crippen molar-refractivity contribution in [2.45, 2.75) is 26.3 Å². The number of rotatable bonds is 7. The summed E-state index contributed by atoms with van der Waals surface area (Å²) in [5, 5.41) is 2.71. The van der Waals surface area contributed by atoms with E-state index in [9.17, 15) is 9.59 Å². The van der Waals surface area contributed by atoms with Gasteiger partial charge in [-0.15, -0.1) is 0 Å². The lowest BCUT2D eigenvalue weighted by molar-refractivity contribution is -0.145. The van der Waals surface area contributed by atoms with Crippen molar-refractivity contribution >= 4 is 40.2 Å². The van der Waals surface area contributed by atoms with E-state index in [4.69, 9.17) is 21.7 Å². The number of ether oxygens (including phenoxy) is 2. The Morgan fingerprint density at radius 1 is 1.26 bits per heavy atom. The molecule has 1 fully saturated rings. The average Bonchev–Trinajstić information content (AvgIpc) is 2.69. The van der Waals surface area contributed by atoms with Crippen molar-refractivity contribution < 1.29 is 19.1 Å². The molecule has 148 valence electrons. The number of hydrogen-bond acceptors (Lipinski definition) is 6. The van der Waals surface area contributed by atoms with Crippen molar-refractivity contribution in [2.75, 3.05) is 32.6 Å². The van der Waals surface area contributed by atoms with E-state index in [2.05, 4.69) is 17.1 Å². The number of esters is 1. The first-order valence-corrected chi connectivity index (χ1v) is 10.3. The molecule has 0 aromatic heterocycles. The Kier molecular flexibility index (Phi) is 8.87. The molecule has 0 atom stereocenters. The SMILES string of the molecule is COc1ccc(CNC(=O)COC(=O)CSC(=S)N2CCC(C)CC2)cc1. The van der Waals surface area contributed by atoms with Gasteiger partial charge in [0, 0.05) is 19.6 Å². The van der Waals surface area contributed by atoms with Gasteiger partial charge in [-0.05, 0) is 36.5 Å². The molecule has 1 aliphatic heterocycles. The van der Waals surface area contributed by atoms with E-state index in [1.807, 2.05) is 24.3 Å². The summed E-state index contributed by atoms with van der Waals surface area (Å²) in [4.78, 5) is 25.8. The van der Waals surface area contributed by atoms with Crippen LogP contribution in [0.2, 0.25) is 0 Å². The molecule has 8 heteroatoms. The van der Waals surface area contributed by atoms with Crippen molar-refractivity contribution in [1.82, 2.24) is 10.2 Å². The third-order valence-corrected chi connectivity index (χ3v) is 5.87. The van der Waals surface area contributed by atoms with E-state index < -0.39 is 5.97 Å². The average molecular weight is 411 g/mol. The molecule has 1 amide bonds. The van der Waals surface area contributed by atoms with Crippen LogP contribution in [0.25, 0.3) is 0 Å². The Bertz CT molecular complexity index is 644. The second-order valence-corrected chi connectivity index (χ2v) is 8.12. The summed E-state index contributed by atoms with van der Waals surface area (Å²) in [6.07, 6.45) is 2.25. The van der Waals surface area contributed by atoms with Crippen molar-refractivity contribution in [3.63, 3.8) is 0 Å². The highest BCUT2D eigenvalue weighted by Gasteiger charge is 2.19. The lowest BCUT2D eigenvalue weighted by atomic mass is 10.00. The molecule has 0 bridgehead atoms. The summed E-state index contributed by atoms with van der Waals surface area (Å²) in [6, 6.07) is 7.38. The van der Waals surface area contributed by atoms with Gasteiger partial charge in [-0.2, -0.15) is 0 Å². The molecule has 6 nitrogen and oxygen atoms in total. The number of methoxy groups -OCH3 is 1. The van der Waals surface area contributed by atoms with Gasteiger partial charge in [-0.25, -0.2) is 0 Å². The summed E-state index contributed by atoms with van der Waals surface area (Å²) in [5.41, 5.74) is 0.937. The van der Waals surface area contributed by atoms with E-state index >= 15 is 0 Å². The second-order valence-electron chi connectivity index (χ2n) is 6.51. The number of carbonyl (C=O) groups is 2. The summed E-state index contributed by atoms with van der Waals surface area (Å²) in [5.74, 6) is 0.837. The maximum Gasteiger partial charge on any atom is 0.316 e. The minimum absolute atomic E-state index is 0.122. The zero-order chi connectivity index (χ0) is 19.6. The highest BCUT2D eigenvalue weighted by molar-refractivity contribution is 8.23. The van der Waals surface area contributed by atoms with Crippen molar-refractivity contribution in [3.05, 3.63) is 29.8 Å². The number of thioether (sulfide) groups is 1.